The van der Waals surface area contributed by atoms with Gasteiger partial charge in [0.25, 0.3) is 0 Å². The van der Waals surface area contributed by atoms with E-state index in [4.69, 9.17) is 0 Å². The van der Waals surface area contributed by atoms with Crippen molar-refractivity contribution in [2.24, 2.45) is 0 Å². The number of benzene rings is 5. The first-order valence-electron chi connectivity index (χ1n) is 16.0. The van der Waals surface area contributed by atoms with Gasteiger partial charge >= 0.3 is 0 Å². The molecule has 2 nitrogen and oxygen atoms in total. The van der Waals surface area contributed by atoms with E-state index in [9.17, 15) is 0 Å². The molecule has 0 amide bonds. The summed E-state index contributed by atoms with van der Waals surface area (Å²) in [6.07, 6.45) is 11.0. The van der Waals surface area contributed by atoms with Crippen LogP contribution in [0.4, 0.5) is 0 Å². The molecule has 6 rings (SSSR count). The number of hydrogen-bond acceptors (Lipinski definition) is 1. The van der Waals surface area contributed by atoms with E-state index in [-0.39, 0.29) is 5.16 Å². The Morgan fingerprint density at radius 1 is 0.659 bits per heavy atom. The predicted molar refractivity (Wildman–Crippen MR) is 192 cm³/mol. The molecule has 0 radical (unpaired) electrons. The van der Waals surface area contributed by atoms with Crippen LogP contribution < -0.4 is 5.19 Å². The number of unbranched alkanes of at least 4 members (excludes halogenated alkanes) is 2. The highest BCUT2D eigenvalue weighted by Gasteiger charge is 2.36. The fourth-order valence-corrected chi connectivity index (χ4v) is 8.36. The summed E-state index contributed by atoms with van der Waals surface area (Å²) >= 11 is 0. The lowest BCUT2D eigenvalue weighted by atomic mass is 9.76. The summed E-state index contributed by atoms with van der Waals surface area (Å²) < 4.78 is 2.32. The smallest absolute Gasteiger partial charge is 0.116 e. The van der Waals surface area contributed by atoms with Gasteiger partial charge in [0, 0.05) is 12.4 Å². The van der Waals surface area contributed by atoms with Crippen molar-refractivity contribution in [2.45, 2.75) is 43.6 Å². The Labute approximate surface area is 267 Å². The lowest BCUT2D eigenvalue weighted by molar-refractivity contribution is 0.596. The van der Waals surface area contributed by atoms with E-state index in [0.29, 0.717) is 5.82 Å². The van der Waals surface area contributed by atoms with Crippen molar-refractivity contribution in [2.75, 3.05) is 0 Å². The number of hydrogen-bond donors (Lipinski definition) is 0. The molecule has 0 aliphatic rings. The van der Waals surface area contributed by atoms with E-state index in [1.165, 1.54) is 58.7 Å². The second-order valence-electron chi connectivity index (χ2n) is 11.6. The molecular weight excluding hydrogens is 547 g/mol. The van der Waals surface area contributed by atoms with Crippen molar-refractivity contribution >= 4 is 22.6 Å². The molecular formula is C40H43BN2Si. The molecule has 0 atom stereocenters. The summed E-state index contributed by atoms with van der Waals surface area (Å²) in [7, 11) is 1.45. The summed E-state index contributed by atoms with van der Waals surface area (Å²) in [5.41, 5.74) is 6.85. The van der Waals surface area contributed by atoms with E-state index in [1.807, 2.05) is 12.5 Å². The number of rotatable bonds is 11. The van der Waals surface area contributed by atoms with Crippen LogP contribution in [0.5, 0.6) is 0 Å². The molecule has 0 N–H and O–H groups in total. The molecule has 6 aromatic rings. The third-order valence-corrected chi connectivity index (χ3v) is 11.2. The summed E-state index contributed by atoms with van der Waals surface area (Å²) in [4.78, 5) is 4.42. The molecule has 1 heterocycles. The maximum atomic E-state index is 4.42. The number of aromatic nitrogens is 2. The molecule has 0 aliphatic heterocycles. The van der Waals surface area contributed by atoms with Gasteiger partial charge in [-0.1, -0.05) is 171 Å². The molecule has 0 saturated carbocycles. The van der Waals surface area contributed by atoms with Crippen molar-refractivity contribution in [1.82, 2.24) is 9.55 Å². The summed E-state index contributed by atoms with van der Waals surface area (Å²) in [5, 5.41) is 1.26. The quantitative estimate of drug-likeness (QED) is 0.115. The Hall–Kier alpha value is -4.41. The minimum atomic E-state index is -0.786. The normalized spacial score (nSPS) is 11.4. The lowest BCUT2D eigenvalue weighted by Crippen LogP contribution is -2.46. The van der Waals surface area contributed by atoms with Gasteiger partial charge in [-0.15, -0.1) is 0 Å². The summed E-state index contributed by atoms with van der Waals surface area (Å²) in [6, 6.07) is 52.4. The number of aryl methyl sites for hydroxylation is 1. The van der Waals surface area contributed by atoms with Crippen molar-refractivity contribution in [1.29, 1.82) is 0 Å². The zero-order valence-corrected chi connectivity index (χ0v) is 27.5. The monoisotopic (exact) mass is 590 g/mol. The predicted octanol–water partition coefficient (Wildman–Crippen LogP) is 7.27. The second-order valence-corrected chi connectivity index (χ2v) is 13.7. The van der Waals surface area contributed by atoms with Crippen molar-refractivity contribution in [3.63, 3.8) is 0 Å². The Morgan fingerprint density at radius 2 is 1.16 bits per heavy atom. The zero-order chi connectivity index (χ0) is 30.5. The topological polar surface area (TPSA) is 17.8 Å². The molecule has 0 fully saturated rings. The molecule has 44 heavy (non-hydrogen) atoms. The Bertz CT molecular complexity index is 1540. The van der Waals surface area contributed by atoms with Crippen LogP contribution in [0.15, 0.2) is 164 Å². The van der Waals surface area contributed by atoms with Crippen LogP contribution >= 0.6 is 0 Å². The first-order chi connectivity index (χ1) is 21.7. The number of imidazole rings is 1. The Balaban J connectivity index is 0.000000229. The molecule has 0 spiro atoms. The highest BCUT2D eigenvalue weighted by Crippen LogP contribution is 2.33. The largest absolute Gasteiger partial charge is 0.326 e. The van der Waals surface area contributed by atoms with Gasteiger partial charge in [0.2, 0.25) is 0 Å². The van der Waals surface area contributed by atoms with Gasteiger partial charge < -0.3 is 4.57 Å². The first-order valence-corrected chi connectivity index (χ1v) is 17.4. The summed E-state index contributed by atoms with van der Waals surface area (Å²) in [5.74, 6) is 0.484. The molecule has 0 saturated heterocycles. The van der Waals surface area contributed by atoms with Crippen LogP contribution in [0.2, 0.25) is 0 Å². The third kappa shape index (κ3) is 7.75. The molecule has 220 valence electrons. The van der Waals surface area contributed by atoms with Crippen LogP contribution in [0, 0.1) is 0 Å². The van der Waals surface area contributed by atoms with Gasteiger partial charge in [-0.2, -0.15) is 0 Å². The van der Waals surface area contributed by atoms with E-state index < -0.39 is 9.52 Å². The minimum absolute atomic E-state index is 0.206. The Kier molecular flexibility index (Phi) is 11.2. The van der Waals surface area contributed by atoms with Gasteiger partial charge in [0.15, 0.2) is 0 Å². The molecule has 5 aromatic carbocycles. The van der Waals surface area contributed by atoms with Crippen LogP contribution in [0.25, 0.3) is 0 Å². The highest BCUT2D eigenvalue weighted by molar-refractivity contribution is 6.57. The number of nitrogens with zero attached hydrogens (tertiary/aromatic N) is 2. The van der Waals surface area contributed by atoms with E-state index in [0.717, 1.165) is 0 Å². The van der Waals surface area contributed by atoms with Gasteiger partial charge in [-0.3, -0.25) is 0 Å². The first kappa shape index (κ1) is 31.0. The van der Waals surface area contributed by atoms with Crippen molar-refractivity contribution in [3.05, 3.63) is 192 Å². The highest BCUT2D eigenvalue weighted by atomic mass is 28.2. The molecule has 0 aliphatic carbocycles. The fraction of sp³-hybridized carbons (Fsp3) is 0.175. The van der Waals surface area contributed by atoms with Crippen LogP contribution in [-0.4, -0.2) is 26.9 Å². The van der Waals surface area contributed by atoms with E-state index in [1.54, 1.807) is 0 Å². The van der Waals surface area contributed by atoms with Gasteiger partial charge in [-0.05, 0) is 46.5 Å². The fourth-order valence-electron chi connectivity index (χ4n) is 6.05. The molecule has 0 unspecified atom stereocenters. The van der Waals surface area contributed by atoms with E-state index >= 15 is 0 Å². The maximum Gasteiger partial charge on any atom is 0.116 e. The zero-order valence-electron chi connectivity index (χ0n) is 26.1. The standard InChI is InChI=1S/C27H30N2Si.C13H13B/c1-2-3-6-11-23-16-18-26(19-17-23)30-27(29-21-20-28-22-29,24-12-7-4-8-13-24)25-14-9-5-10-15-25;14-13(11-7-3-1-4-8-11)12-9-5-2-6-10-12/h4-5,7-10,12-22H,2-3,6,11,30H2,1H3;1-10,13H,14H2. The van der Waals surface area contributed by atoms with Gasteiger partial charge in [-0.25, -0.2) is 4.98 Å². The van der Waals surface area contributed by atoms with Crippen LogP contribution in [-0.2, 0) is 11.6 Å². The second kappa shape index (κ2) is 15.9. The molecule has 0 bridgehead atoms. The SMILES string of the molecule is BC(c1ccccc1)c1ccccc1.CCCCCc1ccc([SiH2]C(c2ccccc2)(c2ccccc2)n2ccnc2)cc1. The maximum absolute atomic E-state index is 4.42. The summed E-state index contributed by atoms with van der Waals surface area (Å²) in [6.45, 7) is 2.26. The third-order valence-electron chi connectivity index (χ3n) is 8.60. The average molecular weight is 591 g/mol. The molecule has 1 aromatic heterocycles. The van der Waals surface area contributed by atoms with E-state index in [2.05, 4.69) is 176 Å². The molecule has 4 heteroatoms. The average Bonchev–Trinajstić information content (AvgIpc) is 3.65. The van der Waals surface area contributed by atoms with Crippen molar-refractivity contribution < 1.29 is 0 Å². The minimum Gasteiger partial charge on any atom is -0.326 e. The van der Waals surface area contributed by atoms with Gasteiger partial charge in [0.05, 0.1) is 21.0 Å². The van der Waals surface area contributed by atoms with Crippen LogP contribution in [0.3, 0.4) is 0 Å². The lowest BCUT2D eigenvalue weighted by Gasteiger charge is -2.37. The van der Waals surface area contributed by atoms with Gasteiger partial charge in [0.1, 0.15) is 7.85 Å². The van der Waals surface area contributed by atoms with Crippen LogP contribution in [0.1, 0.15) is 59.8 Å². The Morgan fingerprint density at radius 3 is 1.61 bits per heavy atom. The van der Waals surface area contributed by atoms with Crippen molar-refractivity contribution in [3.8, 4) is 0 Å².